The van der Waals surface area contributed by atoms with Crippen LogP contribution in [-0.4, -0.2) is 18.6 Å². The minimum Gasteiger partial charge on any atom is -0.312 e. The van der Waals surface area contributed by atoms with Crippen LogP contribution in [0.25, 0.3) is 0 Å². The molecule has 2 aromatic carbocycles. The van der Waals surface area contributed by atoms with Crippen molar-refractivity contribution in [2.24, 2.45) is 0 Å². The van der Waals surface area contributed by atoms with Gasteiger partial charge in [-0.3, -0.25) is 0 Å². The molecule has 136 valence electrons. The smallest absolute Gasteiger partial charge is 0.0576 e. The highest BCUT2D eigenvalue weighted by Crippen LogP contribution is 2.21. The van der Waals surface area contributed by atoms with Gasteiger partial charge in [-0.25, -0.2) is 0 Å². The molecule has 0 heterocycles. The summed E-state index contributed by atoms with van der Waals surface area (Å²) in [7, 11) is 0. The summed E-state index contributed by atoms with van der Waals surface area (Å²) < 4.78 is 0. The first kappa shape index (κ1) is 19.7. The quantitative estimate of drug-likeness (QED) is 0.573. The molecule has 0 fully saturated rings. The summed E-state index contributed by atoms with van der Waals surface area (Å²) in [6, 6.07) is 21.8. The van der Waals surface area contributed by atoms with E-state index in [1.54, 1.807) is 0 Å². The Kier molecular flexibility index (Phi) is 8.17. The van der Waals surface area contributed by atoms with E-state index in [1.165, 1.54) is 36.8 Å². The average molecular weight is 339 g/mol. The fraction of sp³-hybridized carbons (Fsp3) is 0.478. The third-order valence-electron chi connectivity index (χ3n) is 4.37. The normalized spacial score (nSPS) is 11.8. The van der Waals surface area contributed by atoms with Crippen molar-refractivity contribution in [2.45, 2.75) is 58.0 Å². The standard InChI is InChI=1S/C23H34N2/c1-23(2,3)25-19-13-5-4-12-18-24-22(20-14-8-6-9-15-20)21-16-10-7-11-17-21/h6-11,14-17,22,24-25H,4-5,12-13,18-19H2,1-3H3. The highest BCUT2D eigenvalue weighted by atomic mass is 14.9. The molecule has 0 amide bonds. The molecule has 2 aromatic rings. The molecule has 0 aliphatic carbocycles. The number of hydrogen-bond donors (Lipinski definition) is 2. The fourth-order valence-electron chi connectivity index (χ4n) is 3.03. The second-order valence-corrected chi connectivity index (χ2v) is 7.80. The van der Waals surface area contributed by atoms with E-state index in [4.69, 9.17) is 0 Å². The van der Waals surface area contributed by atoms with Crippen molar-refractivity contribution >= 4 is 0 Å². The first-order chi connectivity index (χ1) is 12.1. The second kappa shape index (κ2) is 10.4. The Labute approximate surface area is 154 Å². The lowest BCUT2D eigenvalue weighted by molar-refractivity contribution is 0.415. The third-order valence-corrected chi connectivity index (χ3v) is 4.37. The molecule has 0 aromatic heterocycles. The minimum absolute atomic E-state index is 0.236. The largest absolute Gasteiger partial charge is 0.312 e. The van der Waals surface area contributed by atoms with E-state index in [0.29, 0.717) is 0 Å². The molecule has 0 unspecified atom stereocenters. The van der Waals surface area contributed by atoms with Crippen LogP contribution in [0.5, 0.6) is 0 Å². The van der Waals surface area contributed by atoms with Crippen LogP contribution >= 0.6 is 0 Å². The molecule has 0 radical (unpaired) electrons. The molecular formula is C23H34N2. The van der Waals surface area contributed by atoms with Gasteiger partial charge < -0.3 is 10.6 Å². The van der Waals surface area contributed by atoms with Gasteiger partial charge in [0, 0.05) is 5.54 Å². The highest BCUT2D eigenvalue weighted by molar-refractivity contribution is 5.31. The number of rotatable bonds is 10. The van der Waals surface area contributed by atoms with E-state index in [9.17, 15) is 0 Å². The molecule has 0 atom stereocenters. The molecule has 0 saturated carbocycles. The van der Waals surface area contributed by atoms with Crippen LogP contribution in [0.2, 0.25) is 0 Å². The first-order valence-electron chi connectivity index (χ1n) is 9.64. The molecule has 2 N–H and O–H groups in total. The Morgan fingerprint density at radius 1 is 0.680 bits per heavy atom. The zero-order valence-corrected chi connectivity index (χ0v) is 16.1. The van der Waals surface area contributed by atoms with Gasteiger partial charge >= 0.3 is 0 Å². The van der Waals surface area contributed by atoms with E-state index in [2.05, 4.69) is 92.1 Å². The molecule has 0 aliphatic rings. The summed E-state index contributed by atoms with van der Waals surface area (Å²) in [4.78, 5) is 0. The van der Waals surface area contributed by atoms with Crippen molar-refractivity contribution in [2.75, 3.05) is 13.1 Å². The maximum atomic E-state index is 3.75. The van der Waals surface area contributed by atoms with Crippen LogP contribution in [0, 0.1) is 0 Å². The predicted octanol–water partition coefficient (Wildman–Crippen LogP) is 5.31. The van der Waals surface area contributed by atoms with Gasteiger partial charge in [-0.05, 0) is 57.8 Å². The highest BCUT2D eigenvalue weighted by Gasteiger charge is 2.12. The Hall–Kier alpha value is -1.64. The molecule has 0 bridgehead atoms. The van der Waals surface area contributed by atoms with Crippen molar-refractivity contribution < 1.29 is 0 Å². The van der Waals surface area contributed by atoms with Gasteiger partial charge in [-0.1, -0.05) is 73.5 Å². The zero-order valence-electron chi connectivity index (χ0n) is 16.1. The summed E-state index contributed by atoms with van der Waals surface area (Å²) in [6.07, 6.45) is 5.07. The van der Waals surface area contributed by atoms with Crippen molar-refractivity contribution in [1.82, 2.24) is 10.6 Å². The minimum atomic E-state index is 0.236. The van der Waals surface area contributed by atoms with Crippen LogP contribution < -0.4 is 10.6 Å². The SMILES string of the molecule is CC(C)(C)NCCCCCCNC(c1ccccc1)c1ccccc1. The lowest BCUT2D eigenvalue weighted by Gasteiger charge is -2.21. The topological polar surface area (TPSA) is 24.1 Å². The Morgan fingerprint density at radius 2 is 1.16 bits per heavy atom. The maximum absolute atomic E-state index is 3.75. The zero-order chi connectivity index (χ0) is 18.0. The molecular weight excluding hydrogens is 304 g/mol. The van der Waals surface area contributed by atoms with Crippen LogP contribution in [-0.2, 0) is 0 Å². The Morgan fingerprint density at radius 3 is 1.64 bits per heavy atom. The predicted molar refractivity (Wildman–Crippen MR) is 109 cm³/mol. The lowest BCUT2D eigenvalue weighted by atomic mass is 9.98. The van der Waals surface area contributed by atoms with Crippen LogP contribution in [0.4, 0.5) is 0 Å². The monoisotopic (exact) mass is 338 g/mol. The maximum Gasteiger partial charge on any atom is 0.0576 e. The van der Waals surface area contributed by atoms with Gasteiger partial charge in [-0.15, -0.1) is 0 Å². The van der Waals surface area contributed by atoms with Crippen LogP contribution in [0.15, 0.2) is 60.7 Å². The van der Waals surface area contributed by atoms with Crippen LogP contribution in [0.1, 0.15) is 63.6 Å². The molecule has 0 spiro atoms. The third kappa shape index (κ3) is 7.85. The fourth-order valence-corrected chi connectivity index (χ4v) is 3.03. The molecule has 2 nitrogen and oxygen atoms in total. The lowest BCUT2D eigenvalue weighted by Crippen LogP contribution is -2.36. The number of benzene rings is 2. The van der Waals surface area contributed by atoms with Gasteiger partial charge in [0.2, 0.25) is 0 Å². The van der Waals surface area contributed by atoms with E-state index in [-0.39, 0.29) is 11.6 Å². The average Bonchev–Trinajstić information content (AvgIpc) is 2.61. The van der Waals surface area contributed by atoms with Gasteiger partial charge in [0.1, 0.15) is 0 Å². The van der Waals surface area contributed by atoms with Gasteiger partial charge in [-0.2, -0.15) is 0 Å². The number of nitrogens with one attached hydrogen (secondary N) is 2. The van der Waals surface area contributed by atoms with Gasteiger partial charge in [0.25, 0.3) is 0 Å². The molecule has 0 saturated heterocycles. The summed E-state index contributed by atoms with van der Waals surface area (Å²) in [6.45, 7) is 8.85. The number of unbranched alkanes of at least 4 members (excludes halogenated alkanes) is 3. The summed E-state index contributed by atoms with van der Waals surface area (Å²) >= 11 is 0. The second-order valence-electron chi connectivity index (χ2n) is 7.80. The Bertz CT molecular complexity index is 533. The van der Waals surface area contributed by atoms with Crippen molar-refractivity contribution in [3.8, 4) is 0 Å². The molecule has 2 heteroatoms. The summed E-state index contributed by atoms with van der Waals surface area (Å²) in [5, 5.41) is 7.31. The Balaban J connectivity index is 1.74. The van der Waals surface area contributed by atoms with Crippen molar-refractivity contribution in [3.05, 3.63) is 71.8 Å². The summed E-state index contributed by atoms with van der Waals surface area (Å²) in [5.74, 6) is 0. The first-order valence-corrected chi connectivity index (χ1v) is 9.64. The van der Waals surface area contributed by atoms with Crippen molar-refractivity contribution in [1.29, 1.82) is 0 Å². The van der Waals surface area contributed by atoms with E-state index in [0.717, 1.165) is 13.1 Å². The van der Waals surface area contributed by atoms with Gasteiger partial charge in [0.15, 0.2) is 0 Å². The van der Waals surface area contributed by atoms with E-state index in [1.807, 2.05) is 0 Å². The van der Waals surface area contributed by atoms with E-state index >= 15 is 0 Å². The number of hydrogen-bond acceptors (Lipinski definition) is 2. The molecule has 2 rings (SSSR count). The van der Waals surface area contributed by atoms with Crippen LogP contribution in [0.3, 0.4) is 0 Å². The molecule has 25 heavy (non-hydrogen) atoms. The van der Waals surface area contributed by atoms with E-state index < -0.39 is 0 Å². The van der Waals surface area contributed by atoms with Gasteiger partial charge in [0.05, 0.1) is 6.04 Å². The van der Waals surface area contributed by atoms with Crippen molar-refractivity contribution in [3.63, 3.8) is 0 Å². The summed E-state index contributed by atoms with van der Waals surface area (Å²) in [5.41, 5.74) is 2.91. The molecule has 0 aliphatic heterocycles.